The molecule has 0 saturated carbocycles. The van der Waals surface area contributed by atoms with Crippen molar-refractivity contribution in [2.24, 2.45) is 5.92 Å². The summed E-state index contributed by atoms with van der Waals surface area (Å²) in [5.74, 6) is -0.388. The summed E-state index contributed by atoms with van der Waals surface area (Å²) in [6, 6.07) is 0. The normalized spacial score (nSPS) is 13.4. The fourth-order valence-electron chi connectivity index (χ4n) is 9.19. The molecule has 0 aliphatic heterocycles. The first kappa shape index (κ1) is 66.7. The average Bonchev–Trinajstić information content (AvgIpc) is 3.29. The highest BCUT2D eigenvalue weighted by atomic mass is 31.2. The van der Waals surface area contributed by atoms with Gasteiger partial charge in [-0.25, -0.2) is 0 Å². The summed E-state index contributed by atoms with van der Waals surface area (Å²) >= 11 is 0. The van der Waals surface area contributed by atoms with Gasteiger partial charge in [0, 0.05) is 6.61 Å². The number of ether oxygens (including phenoxy) is 2. The zero-order valence-corrected chi connectivity index (χ0v) is 47.0. The molecular weight excluding hydrogens is 854 g/mol. The lowest BCUT2D eigenvalue weighted by atomic mass is 9.94. The predicted octanol–water partition coefficient (Wildman–Crippen LogP) is 17.5. The maximum atomic E-state index is 14.0. The molecule has 0 aromatic carbocycles. The van der Waals surface area contributed by atoms with E-state index in [0.717, 1.165) is 51.4 Å². The van der Waals surface area contributed by atoms with Crippen LogP contribution in [0.15, 0.2) is 0 Å². The number of hydrogen-bond acceptors (Lipinski definition) is 7. The van der Waals surface area contributed by atoms with E-state index in [0.29, 0.717) is 17.6 Å². The van der Waals surface area contributed by atoms with Crippen molar-refractivity contribution in [2.45, 2.75) is 309 Å². The maximum absolute atomic E-state index is 14.0. The quantitative estimate of drug-likeness (QED) is 0.0281. The van der Waals surface area contributed by atoms with Crippen LogP contribution in [0.5, 0.6) is 0 Å². The standard InChI is InChI=1S/C58H118NO7P/c1-7-10-13-16-19-22-25-28-31-34-37-40-43-46-49-56(50-47-44-41-38-35-32-29-26-23-20-17-14-11-8-2)58(60)66-57(55-65-67(61,62)64-53-51-59(4,5)6)54-63-52-48-45-42-39-36-33-30-27-24-21-18-15-12-9-3/h56-57H,7-55H2,1-6H3/p+1/t57-/m1/s1. The molecule has 0 aromatic heterocycles. The molecule has 0 aliphatic rings. The van der Waals surface area contributed by atoms with Gasteiger partial charge in [-0.2, -0.15) is 13.9 Å². The highest BCUT2D eigenvalue weighted by Crippen LogP contribution is 2.47. The van der Waals surface area contributed by atoms with Gasteiger partial charge in [0.15, 0.2) is 6.10 Å². The summed E-state index contributed by atoms with van der Waals surface area (Å²) < 4.78 is 23.6. The number of hydrogen-bond donors (Lipinski definition) is 1. The molecular formula is C58H119NO7P+. The topological polar surface area (TPSA) is 97.3 Å². The van der Waals surface area contributed by atoms with Gasteiger partial charge in [0.2, 0.25) is 0 Å². The second-order valence-electron chi connectivity index (χ2n) is 21.8. The molecule has 0 aliphatic carbocycles. The molecule has 0 saturated heterocycles. The zero-order valence-electron chi connectivity index (χ0n) is 46.1. The van der Waals surface area contributed by atoms with Crippen LogP contribution in [-0.2, 0) is 23.3 Å². The largest absolute Gasteiger partial charge is 0.606 e. The molecule has 402 valence electrons. The molecule has 1 unspecified atom stereocenters. The Hall–Kier alpha value is -0.340. The van der Waals surface area contributed by atoms with Crippen LogP contribution in [0.25, 0.3) is 0 Å². The first-order valence-corrected chi connectivity index (χ1v) is 31.2. The van der Waals surface area contributed by atoms with Crippen molar-refractivity contribution in [3.05, 3.63) is 0 Å². The Morgan fingerprint density at radius 3 is 1.04 bits per heavy atom. The van der Waals surface area contributed by atoms with Crippen LogP contribution in [0.2, 0.25) is 0 Å². The van der Waals surface area contributed by atoms with Crippen LogP contribution < -0.4 is 4.89 Å². The molecule has 0 fully saturated rings. The first-order chi connectivity index (χ1) is 32.5. The minimum atomic E-state index is -4.32. The molecule has 9 heteroatoms. The Morgan fingerprint density at radius 1 is 0.433 bits per heavy atom. The van der Waals surface area contributed by atoms with Gasteiger partial charge in [-0.1, -0.05) is 284 Å². The number of phosphoric acid groups is 1. The molecule has 8 nitrogen and oxygen atoms in total. The summed E-state index contributed by atoms with van der Waals surface area (Å²) in [6.07, 6.45) is 55.9. The van der Waals surface area contributed by atoms with Crippen molar-refractivity contribution in [3.63, 3.8) is 0 Å². The Kier molecular flexibility index (Phi) is 50.3. The molecule has 0 bridgehead atoms. The molecule has 0 heterocycles. The number of phosphoric ester groups is 1. The van der Waals surface area contributed by atoms with E-state index in [-0.39, 0.29) is 31.7 Å². The van der Waals surface area contributed by atoms with Crippen molar-refractivity contribution >= 4 is 14.1 Å². The van der Waals surface area contributed by atoms with Gasteiger partial charge in [0.25, 0.3) is 0 Å². The van der Waals surface area contributed by atoms with Crippen molar-refractivity contribution in [3.8, 4) is 0 Å². The predicted molar refractivity (Wildman–Crippen MR) is 288 cm³/mol. The van der Waals surface area contributed by atoms with Crippen LogP contribution in [0.1, 0.15) is 303 Å². The number of likely N-dealkylation sites (N-methyl/N-ethyl adjacent to an activating group) is 1. The third kappa shape index (κ3) is 51.8. The van der Waals surface area contributed by atoms with Gasteiger partial charge >= 0.3 is 14.1 Å². The number of carbonyl (C=O) groups excluding carboxylic acids is 1. The van der Waals surface area contributed by atoms with Crippen molar-refractivity contribution in [1.82, 2.24) is 0 Å². The van der Waals surface area contributed by atoms with E-state index in [1.165, 1.54) is 231 Å². The van der Waals surface area contributed by atoms with Crippen molar-refractivity contribution in [1.29, 1.82) is 0 Å². The van der Waals surface area contributed by atoms with E-state index in [1.54, 1.807) is 0 Å². The Balaban J connectivity index is 5.04. The Labute approximate surface area is 419 Å². The van der Waals surface area contributed by atoms with Crippen LogP contribution in [0, 0.1) is 5.92 Å². The number of nitrogens with zero attached hydrogens (tertiary/aromatic N) is 1. The highest BCUT2D eigenvalue weighted by molar-refractivity contribution is 7.52. The number of unbranched alkanes of at least 4 members (excludes halogenated alkanes) is 39. The van der Waals surface area contributed by atoms with Gasteiger partial charge < -0.3 is 18.9 Å². The Bertz CT molecular complexity index is 963. The fourth-order valence-corrected chi connectivity index (χ4v) is 9.93. The minimum absolute atomic E-state index is 0.0951. The SMILES string of the molecule is CCCCCCCCCCCCCCCCOC[C@H](CO[P+]([O-])(O)OCC[N+](C)(C)C)OC(=O)C(CCCCCCCCCCCCCCCC)CCCCCCCCCCCCCCCC. The van der Waals surface area contributed by atoms with Gasteiger partial charge in [0.1, 0.15) is 19.8 Å². The molecule has 0 amide bonds. The van der Waals surface area contributed by atoms with E-state index >= 15 is 0 Å². The Morgan fingerprint density at radius 2 is 0.731 bits per heavy atom. The van der Waals surface area contributed by atoms with Gasteiger partial charge in [-0.05, 0) is 19.3 Å². The molecule has 0 spiro atoms. The van der Waals surface area contributed by atoms with Crippen LogP contribution in [0.4, 0.5) is 0 Å². The average molecular weight is 974 g/mol. The van der Waals surface area contributed by atoms with Gasteiger partial charge in [-0.3, -0.25) is 4.79 Å². The minimum Gasteiger partial charge on any atom is -0.606 e. The summed E-state index contributed by atoms with van der Waals surface area (Å²) in [5, 5.41) is 0. The van der Waals surface area contributed by atoms with Crippen LogP contribution in [-0.4, -0.2) is 75.6 Å². The molecule has 0 rings (SSSR count). The van der Waals surface area contributed by atoms with Gasteiger partial charge in [0.05, 0.1) is 33.7 Å². The summed E-state index contributed by atoms with van der Waals surface area (Å²) in [6.45, 7) is 8.00. The van der Waals surface area contributed by atoms with Gasteiger partial charge in [-0.15, -0.1) is 0 Å². The summed E-state index contributed by atoms with van der Waals surface area (Å²) in [7, 11) is 1.69. The summed E-state index contributed by atoms with van der Waals surface area (Å²) in [4.78, 5) is 37.4. The first-order valence-electron chi connectivity index (χ1n) is 29.7. The molecule has 2 atom stereocenters. The number of esters is 1. The molecule has 67 heavy (non-hydrogen) atoms. The smallest absolute Gasteiger partial charge is 0.377 e. The van der Waals surface area contributed by atoms with Crippen molar-refractivity contribution < 1.29 is 37.6 Å². The molecule has 0 radical (unpaired) electrons. The third-order valence-corrected chi connectivity index (χ3v) is 14.8. The molecule has 0 aromatic rings. The second kappa shape index (κ2) is 50.6. The lowest BCUT2D eigenvalue weighted by Gasteiger charge is -2.27. The fraction of sp³-hybridized carbons (Fsp3) is 0.983. The lowest BCUT2D eigenvalue weighted by Crippen LogP contribution is -2.38. The van der Waals surface area contributed by atoms with E-state index < -0.39 is 14.3 Å². The molecule has 1 N–H and O–H groups in total. The van der Waals surface area contributed by atoms with Crippen LogP contribution in [0.3, 0.4) is 0 Å². The number of carbonyl (C=O) groups is 1. The second-order valence-corrected chi connectivity index (χ2v) is 23.3. The number of quaternary nitrogens is 1. The van der Waals surface area contributed by atoms with Crippen molar-refractivity contribution in [2.75, 3.05) is 54.1 Å². The summed E-state index contributed by atoms with van der Waals surface area (Å²) in [5.41, 5.74) is 0. The zero-order chi connectivity index (χ0) is 49.2. The van der Waals surface area contributed by atoms with Crippen LogP contribution >= 0.6 is 8.17 Å². The number of rotatable bonds is 56. The van der Waals surface area contributed by atoms with E-state index in [1.807, 2.05) is 21.1 Å². The van der Waals surface area contributed by atoms with E-state index in [4.69, 9.17) is 18.5 Å². The third-order valence-electron chi connectivity index (χ3n) is 13.8. The lowest BCUT2D eigenvalue weighted by molar-refractivity contribution is -0.870. The monoisotopic (exact) mass is 973 g/mol. The maximum Gasteiger partial charge on any atom is 0.377 e. The van der Waals surface area contributed by atoms with E-state index in [2.05, 4.69) is 20.8 Å². The van der Waals surface area contributed by atoms with E-state index in [9.17, 15) is 14.6 Å². The highest BCUT2D eigenvalue weighted by Gasteiger charge is 2.32.